The summed E-state index contributed by atoms with van der Waals surface area (Å²) in [5.74, 6) is 0.841. The molecule has 2 fully saturated rings. The Balaban J connectivity index is 1.62. The van der Waals surface area contributed by atoms with Crippen molar-refractivity contribution in [2.45, 2.75) is 45.3 Å². The van der Waals surface area contributed by atoms with Gasteiger partial charge < -0.3 is 24.4 Å². The quantitative estimate of drug-likeness (QED) is 0.288. The number of hydrogen-bond donors (Lipinski definition) is 1. The van der Waals surface area contributed by atoms with E-state index < -0.39 is 10.0 Å². The summed E-state index contributed by atoms with van der Waals surface area (Å²) < 4.78 is 43.0. The van der Waals surface area contributed by atoms with Crippen molar-refractivity contribution < 1.29 is 22.6 Å². The molecule has 9 nitrogen and oxygen atoms in total. The number of aliphatic imine (C=N–C) groups is 1. The maximum Gasteiger partial charge on any atom is 0.216 e. The molecule has 0 aromatic rings. The first-order chi connectivity index (χ1) is 13.9. The van der Waals surface area contributed by atoms with Gasteiger partial charge in [0.05, 0.1) is 31.2 Å². The first-order valence-corrected chi connectivity index (χ1v) is 12.3. The Morgan fingerprint density at radius 2 is 2.00 bits per heavy atom. The molecular formula is C19H38N4O5S. The van der Waals surface area contributed by atoms with E-state index in [4.69, 9.17) is 14.2 Å². The molecule has 0 radical (unpaired) electrons. The lowest BCUT2D eigenvalue weighted by Crippen LogP contribution is -2.54. The van der Waals surface area contributed by atoms with E-state index >= 15 is 0 Å². The van der Waals surface area contributed by atoms with Crippen LogP contribution in [0.3, 0.4) is 0 Å². The van der Waals surface area contributed by atoms with E-state index in [0.717, 1.165) is 38.4 Å². The van der Waals surface area contributed by atoms with E-state index in [9.17, 15) is 8.42 Å². The van der Waals surface area contributed by atoms with Gasteiger partial charge in [-0.3, -0.25) is 4.99 Å². The Kier molecular flexibility index (Phi) is 10.6. The van der Waals surface area contributed by atoms with Crippen LogP contribution in [-0.4, -0.2) is 108 Å². The number of nitrogens with zero attached hydrogens (tertiary/aromatic N) is 3. The minimum Gasteiger partial charge on any atom is -0.379 e. The van der Waals surface area contributed by atoms with Crippen molar-refractivity contribution in [2.24, 2.45) is 4.99 Å². The fourth-order valence-corrected chi connectivity index (χ4v) is 4.68. The van der Waals surface area contributed by atoms with Gasteiger partial charge in [0.25, 0.3) is 0 Å². The van der Waals surface area contributed by atoms with Crippen molar-refractivity contribution >= 4 is 16.0 Å². The molecule has 2 rings (SSSR count). The van der Waals surface area contributed by atoms with E-state index in [2.05, 4.69) is 15.2 Å². The average molecular weight is 435 g/mol. The van der Waals surface area contributed by atoms with Crippen molar-refractivity contribution in [2.75, 3.05) is 72.0 Å². The van der Waals surface area contributed by atoms with Crippen LogP contribution in [-0.2, 0) is 24.2 Å². The highest BCUT2D eigenvalue weighted by molar-refractivity contribution is 7.89. The largest absolute Gasteiger partial charge is 0.379 e. The number of rotatable bonds is 11. The predicted molar refractivity (Wildman–Crippen MR) is 114 cm³/mol. The molecule has 0 bridgehead atoms. The minimum atomic E-state index is -3.27. The second kappa shape index (κ2) is 12.7. The van der Waals surface area contributed by atoms with Crippen LogP contribution < -0.4 is 5.32 Å². The Bertz CT molecular complexity index is 585. The smallest absolute Gasteiger partial charge is 0.216 e. The van der Waals surface area contributed by atoms with Gasteiger partial charge in [-0.2, -0.15) is 4.31 Å². The maximum absolute atomic E-state index is 12.4. The number of guanidine groups is 1. The number of nitrogens with one attached hydrogen (secondary N) is 1. The van der Waals surface area contributed by atoms with Crippen molar-refractivity contribution in [1.82, 2.24) is 14.5 Å². The van der Waals surface area contributed by atoms with Gasteiger partial charge in [-0.25, -0.2) is 8.42 Å². The molecule has 2 saturated heterocycles. The number of sulfonamides is 1. The zero-order valence-electron chi connectivity index (χ0n) is 18.1. The zero-order valence-corrected chi connectivity index (χ0v) is 19.0. The molecule has 2 aliphatic heterocycles. The van der Waals surface area contributed by atoms with Gasteiger partial charge in [-0.15, -0.1) is 0 Å². The van der Waals surface area contributed by atoms with Crippen LogP contribution in [0.1, 0.15) is 33.1 Å². The number of ether oxygens (including phenoxy) is 3. The molecule has 10 heteroatoms. The van der Waals surface area contributed by atoms with Crippen LogP contribution in [0.5, 0.6) is 0 Å². The number of hydrogen-bond acceptors (Lipinski definition) is 6. The summed E-state index contributed by atoms with van der Waals surface area (Å²) in [6, 6.07) is 0. The minimum absolute atomic E-state index is 0.0318. The SMILES string of the molecule is CN=C(NCCCOCC1CCCO1)N1CCN(S(=O)(=O)CCOC(C)C)CC1. The second-order valence-corrected chi connectivity index (χ2v) is 9.75. The summed E-state index contributed by atoms with van der Waals surface area (Å²) in [6.07, 6.45) is 3.41. The summed E-state index contributed by atoms with van der Waals surface area (Å²) in [7, 11) is -1.52. The molecule has 1 N–H and O–H groups in total. The van der Waals surface area contributed by atoms with E-state index in [1.54, 1.807) is 11.4 Å². The lowest BCUT2D eigenvalue weighted by atomic mass is 10.2. The van der Waals surface area contributed by atoms with Crippen LogP contribution in [0, 0.1) is 0 Å². The van der Waals surface area contributed by atoms with Gasteiger partial charge in [0.15, 0.2) is 5.96 Å². The van der Waals surface area contributed by atoms with Gasteiger partial charge in [0.2, 0.25) is 10.0 Å². The lowest BCUT2D eigenvalue weighted by Gasteiger charge is -2.35. The first-order valence-electron chi connectivity index (χ1n) is 10.7. The molecule has 2 heterocycles. The summed E-state index contributed by atoms with van der Waals surface area (Å²) >= 11 is 0. The van der Waals surface area contributed by atoms with Crippen LogP contribution >= 0.6 is 0 Å². The van der Waals surface area contributed by atoms with E-state index in [0.29, 0.717) is 39.4 Å². The molecule has 1 atom stereocenters. The third-order valence-corrected chi connectivity index (χ3v) is 6.85. The Labute approximate surface area is 175 Å². The average Bonchev–Trinajstić information content (AvgIpc) is 3.21. The topological polar surface area (TPSA) is 92.7 Å². The molecule has 0 aromatic heterocycles. The van der Waals surface area contributed by atoms with Crippen LogP contribution in [0.2, 0.25) is 0 Å². The summed E-state index contributed by atoms with van der Waals surface area (Å²) in [4.78, 5) is 6.43. The van der Waals surface area contributed by atoms with Crippen molar-refractivity contribution in [1.29, 1.82) is 0 Å². The lowest BCUT2D eigenvalue weighted by molar-refractivity contribution is 0.0168. The first kappa shape index (κ1) is 24.3. The highest BCUT2D eigenvalue weighted by atomic mass is 32.2. The van der Waals surface area contributed by atoms with Gasteiger partial charge in [-0.1, -0.05) is 0 Å². The normalized spacial score (nSPS) is 21.9. The van der Waals surface area contributed by atoms with E-state index in [1.807, 2.05) is 13.8 Å². The Hall–Kier alpha value is -0.940. The second-order valence-electron chi connectivity index (χ2n) is 7.66. The molecule has 0 spiro atoms. The highest BCUT2D eigenvalue weighted by Crippen LogP contribution is 2.12. The van der Waals surface area contributed by atoms with E-state index in [-0.39, 0.29) is 24.6 Å². The molecule has 29 heavy (non-hydrogen) atoms. The Morgan fingerprint density at radius 3 is 2.62 bits per heavy atom. The van der Waals surface area contributed by atoms with Crippen molar-refractivity contribution in [3.05, 3.63) is 0 Å². The Morgan fingerprint density at radius 1 is 1.24 bits per heavy atom. The van der Waals surface area contributed by atoms with Gasteiger partial charge >= 0.3 is 0 Å². The van der Waals surface area contributed by atoms with E-state index in [1.165, 1.54) is 0 Å². The zero-order chi connectivity index (χ0) is 21.1. The number of piperazine rings is 1. The van der Waals surface area contributed by atoms with Gasteiger partial charge in [0.1, 0.15) is 0 Å². The van der Waals surface area contributed by atoms with Crippen LogP contribution in [0.25, 0.3) is 0 Å². The summed E-state index contributed by atoms with van der Waals surface area (Å²) in [5.41, 5.74) is 0. The van der Waals surface area contributed by atoms with Gasteiger partial charge in [0, 0.05) is 53.0 Å². The molecule has 1 unspecified atom stereocenters. The fourth-order valence-electron chi connectivity index (χ4n) is 3.39. The molecule has 0 aromatic carbocycles. The predicted octanol–water partition coefficient (Wildman–Crippen LogP) is 0.520. The third-order valence-electron chi connectivity index (χ3n) is 5.01. The summed E-state index contributed by atoms with van der Waals surface area (Å²) in [6.45, 7) is 9.21. The molecule has 0 amide bonds. The van der Waals surface area contributed by atoms with Crippen molar-refractivity contribution in [3.63, 3.8) is 0 Å². The van der Waals surface area contributed by atoms with Crippen LogP contribution in [0.15, 0.2) is 4.99 Å². The molecule has 170 valence electrons. The molecule has 0 aliphatic carbocycles. The highest BCUT2D eigenvalue weighted by Gasteiger charge is 2.27. The molecular weight excluding hydrogens is 396 g/mol. The standard InChI is InChI=1S/C19H38N4O5S/c1-17(2)27-14-15-29(24,25)23-10-8-22(9-11-23)19(20-3)21-7-5-12-26-16-18-6-4-13-28-18/h17-18H,4-16H2,1-3H3,(H,20,21). The molecule has 2 aliphatic rings. The maximum atomic E-state index is 12.4. The third kappa shape index (κ3) is 8.75. The fraction of sp³-hybridized carbons (Fsp3) is 0.947. The summed E-state index contributed by atoms with van der Waals surface area (Å²) in [5, 5.41) is 3.34. The van der Waals surface area contributed by atoms with Gasteiger partial charge in [-0.05, 0) is 33.1 Å². The molecule has 0 saturated carbocycles. The van der Waals surface area contributed by atoms with Crippen LogP contribution in [0.4, 0.5) is 0 Å². The monoisotopic (exact) mass is 434 g/mol. The van der Waals surface area contributed by atoms with Crippen molar-refractivity contribution in [3.8, 4) is 0 Å².